The van der Waals surface area contributed by atoms with Crippen LogP contribution in [0.4, 0.5) is 5.69 Å². The van der Waals surface area contributed by atoms with Gasteiger partial charge in [0.2, 0.25) is 0 Å². The molecule has 0 aliphatic rings. The number of anilines is 1. The minimum Gasteiger partial charge on any atom is -0.321 e. The highest BCUT2D eigenvalue weighted by Gasteiger charge is 2.23. The molecule has 1 aromatic heterocycles. The van der Waals surface area contributed by atoms with Gasteiger partial charge in [0.25, 0.3) is 5.91 Å². The summed E-state index contributed by atoms with van der Waals surface area (Å²) < 4.78 is 1.78. The van der Waals surface area contributed by atoms with E-state index in [9.17, 15) is 4.79 Å². The van der Waals surface area contributed by atoms with Crippen LogP contribution in [0, 0.1) is 6.92 Å². The first-order chi connectivity index (χ1) is 14.0. The number of nitrogens with zero attached hydrogens (tertiary/aromatic N) is 2. The van der Waals surface area contributed by atoms with Gasteiger partial charge in [-0.3, -0.25) is 4.79 Å². The molecule has 3 aromatic carbocycles. The van der Waals surface area contributed by atoms with Crippen molar-refractivity contribution in [3.63, 3.8) is 0 Å². The van der Waals surface area contributed by atoms with Crippen LogP contribution in [0.5, 0.6) is 0 Å². The molecule has 144 valence electrons. The molecular formula is C23H17Cl2N3O. The highest BCUT2D eigenvalue weighted by molar-refractivity contribution is 6.36. The largest absolute Gasteiger partial charge is 0.321 e. The lowest BCUT2D eigenvalue weighted by Crippen LogP contribution is -2.14. The van der Waals surface area contributed by atoms with Crippen LogP contribution in [0.25, 0.3) is 16.9 Å². The summed E-state index contributed by atoms with van der Waals surface area (Å²) in [6, 6.07) is 24.3. The van der Waals surface area contributed by atoms with Gasteiger partial charge in [0.1, 0.15) is 5.69 Å². The SMILES string of the molecule is Cc1c(C(=O)Nc2ccc(Cl)cc2Cl)c(-c2ccccc2)nn1-c1ccccc1. The van der Waals surface area contributed by atoms with E-state index in [-0.39, 0.29) is 5.91 Å². The van der Waals surface area contributed by atoms with Gasteiger partial charge in [-0.15, -0.1) is 0 Å². The number of halogens is 2. The average molecular weight is 422 g/mol. The van der Waals surface area contributed by atoms with Crippen molar-refractivity contribution in [2.45, 2.75) is 6.92 Å². The molecule has 0 spiro atoms. The molecule has 0 saturated heterocycles. The molecule has 4 nitrogen and oxygen atoms in total. The van der Waals surface area contributed by atoms with Crippen molar-refractivity contribution in [3.05, 3.63) is 100 Å². The van der Waals surface area contributed by atoms with E-state index in [0.717, 1.165) is 16.9 Å². The summed E-state index contributed by atoms with van der Waals surface area (Å²) in [6.07, 6.45) is 0. The smallest absolute Gasteiger partial charge is 0.259 e. The lowest BCUT2D eigenvalue weighted by Gasteiger charge is -2.09. The van der Waals surface area contributed by atoms with Crippen LogP contribution in [0.2, 0.25) is 10.0 Å². The third-order valence-electron chi connectivity index (χ3n) is 4.57. The number of amides is 1. The molecule has 0 radical (unpaired) electrons. The minimum absolute atomic E-state index is 0.284. The summed E-state index contributed by atoms with van der Waals surface area (Å²) in [7, 11) is 0. The maximum absolute atomic E-state index is 13.3. The van der Waals surface area contributed by atoms with E-state index >= 15 is 0 Å². The van der Waals surface area contributed by atoms with Gasteiger partial charge in [-0.05, 0) is 37.3 Å². The normalized spacial score (nSPS) is 10.7. The van der Waals surface area contributed by atoms with Crippen LogP contribution < -0.4 is 5.32 Å². The van der Waals surface area contributed by atoms with E-state index in [0.29, 0.717) is 27.0 Å². The molecule has 4 aromatic rings. The van der Waals surface area contributed by atoms with Crippen molar-refractivity contribution < 1.29 is 4.79 Å². The van der Waals surface area contributed by atoms with Crippen LogP contribution in [0.1, 0.15) is 16.1 Å². The Labute approximate surface area is 178 Å². The highest BCUT2D eigenvalue weighted by atomic mass is 35.5. The number of hydrogen-bond donors (Lipinski definition) is 1. The van der Waals surface area contributed by atoms with Crippen molar-refractivity contribution in [1.29, 1.82) is 0 Å². The van der Waals surface area contributed by atoms with Crippen molar-refractivity contribution in [2.24, 2.45) is 0 Å². The maximum atomic E-state index is 13.3. The molecule has 0 saturated carbocycles. The zero-order valence-corrected chi connectivity index (χ0v) is 17.1. The number of rotatable bonds is 4. The third kappa shape index (κ3) is 3.90. The molecule has 0 aliphatic carbocycles. The van der Waals surface area contributed by atoms with E-state index < -0.39 is 0 Å². The van der Waals surface area contributed by atoms with E-state index in [1.807, 2.05) is 67.6 Å². The Morgan fingerprint density at radius 1 is 0.931 bits per heavy atom. The standard InChI is InChI=1S/C23H17Cl2N3O/c1-15-21(23(29)26-20-13-12-17(24)14-19(20)25)22(16-8-4-2-5-9-16)27-28(15)18-10-6-3-7-11-18/h2-14H,1H3,(H,26,29). The van der Waals surface area contributed by atoms with Gasteiger partial charge >= 0.3 is 0 Å². The summed E-state index contributed by atoms with van der Waals surface area (Å²) in [5.74, 6) is -0.284. The molecule has 1 N–H and O–H groups in total. The number of hydrogen-bond acceptors (Lipinski definition) is 2. The minimum atomic E-state index is -0.284. The van der Waals surface area contributed by atoms with Crippen LogP contribution in [0.15, 0.2) is 78.9 Å². The predicted octanol–water partition coefficient (Wildman–Crippen LogP) is 6.41. The van der Waals surface area contributed by atoms with Gasteiger partial charge < -0.3 is 5.32 Å². The first kappa shape index (κ1) is 19.2. The van der Waals surface area contributed by atoms with Gasteiger partial charge in [0.15, 0.2) is 0 Å². The molecule has 0 bridgehead atoms. The van der Waals surface area contributed by atoms with Crippen LogP contribution in [-0.4, -0.2) is 15.7 Å². The third-order valence-corrected chi connectivity index (χ3v) is 5.12. The van der Waals surface area contributed by atoms with Crippen molar-refractivity contribution >= 4 is 34.8 Å². The first-order valence-electron chi connectivity index (χ1n) is 9.01. The second kappa shape index (κ2) is 8.11. The topological polar surface area (TPSA) is 46.9 Å². The quantitative estimate of drug-likeness (QED) is 0.413. The average Bonchev–Trinajstić information content (AvgIpc) is 3.08. The Bertz CT molecular complexity index is 1170. The van der Waals surface area contributed by atoms with E-state index in [4.69, 9.17) is 28.3 Å². The fourth-order valence-corrected chi connectivity index (χ4v) is 3.62. The molecule has 29 heavy (non-hydrogen) atoms. The molecule has 4 rings (SSSR count). The highest BCUT2D eigenvalue weighted by Crippen LogP contribution is 2.30. The van der Waals surface area contributed by atoms with Gasteiger partial charge in [0.05, 0.1) is 27.7 Å². The summed E-state index contributed by atoms with van der Waals surface area (Å²) in [4.78, 5) is 13.3. The van der Waals surface area contributed by atoms with Gasteiger partial charge in [-0.2, -0.15) is 5.10 Å². The Hall–Kier alpha value is -3.08. The second-order valence-corrected chi connectivity index (χ2v) is 7.34. The number of nitrogens with one attached hydrogen (secondary N) is 1. The van der Waals surface area contributed by atoms with Crippen molar-refractivity contribution in [2.75, 3.05) is 5.32 Å². The van der Waals surface area contributed by atoms with Gasteiger partial charge in [-0.25, -0.2) is 4.68 Å². The number of carbonyl (C=O) groups excluding carboxylic acids is 1. The molecule has 6 heteroatoms. The maximum Gasteiger partial charge on any atom is 0.259 e. The number of para-hydroxylation sites is 1. The summed E-state index contributed by atoms with van der Waals surface area (Å²) >= 11 is 12.2. The first-order valence-corrected chi connectivity index (χ1v) is 9.77. The Morgan fingerprint density at radius 3 is 2.24 bits per heavy atom. The van der Waals surface area contributed by atoms with E-state index in [2.05, 4.69) is 5.32 Å². The van der Waals surface area contributed by atoms with Crippen LogP contribution in [-0.2, 0) is 0 Å². The number of aromatic nitrogens is 2. The molecule has 0 unspecified atom stereocenters. The fraction of sp³-hybridized carbons (Fsp3) is 0.0435. The molecule has 0 aliphatic heterocycles. The van der Waals surface area contributed by atoms with E-state index in [1.54, 1.807) is 22.9 Å². The molecular weight excluding hydrogens is 405 g/mol. The predicted molar refractivity (Wildman–Crippen MR) is 118 cm³/mol. The lowest BCUT2D eigenvalue weighted by atomic mass is 10.1. The van der Waals surface area contributed by atoms with Crippen molar-refractivity contribution in [1.82, 2.24) is 9.78 Å². The fourth-order valence-electron chi connectivity index (χ4n) is 3.17. The summed E-state index contributed by atoms with van der Waals surface area (Å²) in [5.41, 5.74) is 4.06. The molecule has 0 fully saturated rings. The summed E-state index contributed by atoms with van der Waals surface area (Å²) in [6.45, 7) is 1.88. The Morgan fingerprint density at radius 2 is 1.59 bits per heavy atom. The zero-order chi connectivity index (χ0) is 20.4. The Balaban J connectivity index is 1.82. The molecule has 1 amide bonds. The zero-order valence-electron chi connectivity index (χ0n) is 15.6. The number of benzene rings is 3. The molecule has 0 atom stereocenters. The molecule has 1 heterocycles. The van der Waals surface area contributed by atoms with Gasteiger partial charge in [-0.1, -0.05) is 71.7 Å². The second-order valence-electron chi connectivity index (χ2n) is 6.50. The van der Waals surface area contributed by atoms with Crippen LogP contribution >= 0.6 is 23.2 Å². The monoisotopic (exact) mass is 421 g/mol. The van der Waals surface area contributed by atoms with E-state index in [1.165, 1.54) is 0 Å². The van der Waals surface area contributed by atoms with Crippen LogP contribution in [0.3, 0.4) is 0 Å². The Kier molecular flexibility index (Phi) is 5.38. The summed E-state index contributed by atoms with van der Waals surface area (Å²) in [5, 5.41) is 8.52. The van der Waals surface area contributed by atoms with Gasteiger partial charge in [0, 0.05) is 10.6 Å². The van der Waals surface area contributed by atoms with Crippen molar-refractivity contribution in [3.8, 4) is 16.9 Å². The number of carbonyl (C=O) groups is 1. The lowest BCUT2D eigenvalue weighted by molar-refractivity contribution is 0.102.